The molecule has 0 spiro atoms. The van der Waals surface area contributed by atoms with Crippen LogP contribution < -0.4 is 10.1 Å². The molecule has 0 aromatic heterocycles. The zero-order valence-corrected chi connectivity index (χ0v) is 9.17. The summed E-state index contributed by atoms with van der Waals surface area (Å²) in [5.41, 5.74) is 1.02. The van der Waals surface area contributed by atoms with Crippen molar-refractivity contribution in [3.05, 3.63) is 29.1 Å². The number of benzene rings is 1. The smallest absolute Gasteiger partial charge is 0.130 e. The van der Waals surface area contributed by atoms with Gasteiger partial charge in [-0.25, -0.2) is 4.39 Å². The average Bonchev–Trinajstić information content (AvgIpc) is 2.22. The van der Waals surface area contributed by atoms with Gasteiger partial charge in [-0.1, -0.05) is 0 Å². The highest BCUT2D eigenvalue weighted by Crippen LogP contribution is 2.30. The molecule has 0 aliphatic rings. The molecular weight excluding hydrogens is 197 g/mol. The fraction of sp³-hybridized carbons (Fsp3) is 0.455. The summed E-state index contributed by atoms with van der Waals surface area (Å²) < 4.78 is 18.3. The van der Waals surface area contributed by atoms with Crippen LogP contribution in [0.15, 0.2) is 12.1 Å². The minimum absolute atomic E-state index is 0.327. The van der Waals surface area contributed by atoms with E-state index in [4.69, 9.17) is 4.74 Å². The SMILES string of the molecule is CNCC(O)c1ccc(F)c(C)c1OC. The summed E-state index contributed by atoms with van der Waals surface area (Å²) in [4.78, 5) is 0. The molecule has 1 atom stereocenters. The lowest BCUT2D eigenvalue weighted by atomic mass is 10.0. The normalized spacial score (nSPS) is 12.6. The third-order valence-electron chi connectivity index (χ3n) is 2.33. The van der Waals surface area contributed by atoms with Gasteiger partial charge in [0.1, 0.15) is 11.6 Å². The molecule has 0 aliphatic carbocycles. The van der Waals surface area contributed by atoms with E-state index in [0.29, 0.717) is 23.4 Å². The van der Waals surface area contributed by atoms with Gasteiger partial charge in [0.15, 0.2) is 0 Å². The van der Waals surface area contributed by atoms with Crippen LogP contribution in [-0.2, 0) is 0 Å². The lowest BCUT2D eigenvalue weighted by Gasteiger charge is -2.16. The van der Waals surface area contributed by atoms with E-state index in [1.807, 2.05) is 0 Å². The molecule has 84 valence electrons. The Hall–Kier alpha value is -1.13. The highest BCUT2D eigenvalue weighted by molar-refractivity contribution is 5.43. The molecular formula is C11H16FNO2. The fourth-order valence-electron chi connectivity index (χ4n) is 1.53. The zero-order valence-electron chi connectivity index (χ0n) is 9.17. The molecule has 2 N–H and O–H groups in total. The molecule has 0 fully saturated rings. The second kappa shape index (κ2) is 5.09. The molecule has 1 aromatic rings. The lowest BCUT2D eigenvalue weighted by Crippen LogP contribution is -2.17. The van der Waals surface area contributed by atoms with E-state index in [-0.39, 0.29) is 5.82 Å². The number of aliphatic hydroxyl groups excluding tert-OH is 1. The van der Waals surface area contributed by atoms with Gasteiger partial charge in [0.2, 0.25) is 0 Å². The third-order valence-corrected chi connectivity index (χ3v) is 2.33. The maximum atomic E-state index is 13.2. The number of rotatable bonds is 4. The van der Waals surface area contributed by atoms with E-state index in [9.17, 15) is 9.50 Å². The van der Waals surface area contributed by atoms with Crippen molar-refractivity contribution < 1.29 is 14.2 Å². The van der Waals surface area contributed by atoms with E-state index in [0.717, 1.165) is 0 Å². The van der Waals surface area contributed by atoms with Crippen LogP contribution in [0.5, 0.6) is 5.75 Å². The second-order valence-corrected chi connectivity index (χ2v) is 3.37. The van der Waals surface area contributed by atoms with E-state index < -0.39 is 6.10 Å². The van der Waals surface area contributed by atoms with Crippen LogP contribution in [0.2, 0.25) is 0 Å². The summed E-state index contributed by atoms with van der Waals surface area (Å²) in [7, 11) is 3.21. The molecule has 0 radical (unpaired) electrons. The van der Waals surface area contributed by atoms with Crippen LogP contribution in [0.4, 0.5) is 4.39 Å². The zero-order chi connectivity index (χ0) is 11.4. The lowest BCUT2D eigenvalue weighted by molar-refractivity contribution is 0.173. The molecule has 0 bridgehead atoms. The molecule has 0 aliphatic heterocycles. The standard InChI is InChI=1S/C11H16FNO2/c1-7-9(12)5-4-8(11(7)15-3)10(14)6-13-2/h4-5,10,13-14H,6H2,1-3H3. The molecule has 0 heterocycles. The van der Waals surface area contributed by atoms with Gasteiger partial charge in [-0.15, -0.1) is 0 Å². The van der Waals surface area contributed by atoms with Gasteiger partial charge in [0.25, 0.3) is 0 Å². The minimum atomic E-state index is -0.691. The topological polar surface area (TPSA) is 41.5 Å². The van der Waals surface area contributed by atoms with Crippen LogP contribution in [0.25, 0.3) is 0 Å². The van der Waals surface area contributed by atoms with Crippen molar-refractivity contribution in [1.29, 1.82) is 0 Å². The van der Waals surface area contributed by atoms with Crippen molar-refractivity contribution >= 4 is 0 Å². The predicted molar refractivity (Wildman–Crippen MR) is 56.6 cm³/mol. The number of ether oxygens (including phenoxy) is 1. The number of hydrogen-bond donors (Lipinski definition) is 2. The summed E-state index contributed by atoms with van der Waals surface area (Å²) in [6, 6.07) is 2.88. The van der Waals surface area contributed by atoms with E-state index in [2.05, 4.69) is 5.32 Å². The van der Waals surface area contributed by atoms with E-state index in [1.165, 1.54) is 13.2 Å². The molecule has 0 saturated carbocycles. The highest BCUT2D eigenvalue weighted by Gasteiger charge is 2.16. The van der Waals surface area contributed by atoms with Crippen LogP contribution in [0, 0.1) is 12.7 Å². The fourth-order valence-corrected chi connectivity index (χ4v) is 1.53. The second-order valence-electron chi connectivity index (χ2n) is 3.37. The third kappa shape index (κ3) is 2.46. The number of methoxy groups -OCH3 is 1. The van der Waals surface area contributed by atoms with Crippen LogP contribution in [0.3, 0.4) is 0 Å². The molecule has 3 nitrogen and oxygen atoms in total. The van der Waals surface area contributed by atoms with Crippen molar-refractivity contribution in [3.8, 4) is 5.75 Å². The summed E-state index contributed by atoms with van der Waals surface area (Å²) in [6.45, 7) is 2.03. The van der Waals surface area contributed by atoms with Crippen molar-refractivity contribution in [1.82, 2.24) is 5.32 Å². The first-order valence-electron chi connectivity index (χ1n) is 4.77. The first kappa shape index (κ1) is 11.9. The molecule has 0 amide bonds. The first-order chi connectivity index (χ1) is 7.11. The van der Waals surface area contributed by atoms with Crippen molar-refractivity contribution in [2.24, 2.45) is 0 Å². The average molecular weight is 213 g/mol. The Morgan fingerprint density at radius 3 is 2.73 bits per heavy atom. The number of likely N-dealkylation sites (N-methyl/N-ethyl adjacent to an activating group) is 1. The largest absolute Gasteiger partial charge is 0.496 e. The predicted octanol–water partition coefficient (Wildman–Crippen LogP) is 1.40. The molecule has 1 rings (SSSR count). The highest BCUT2D eigenvalue weighted by atomic mass is 19.1. The van der Waals surface area contributed by atoms with Gasteiger partial charge < -0.3 is 15.2 Å². The molecule has 4 heteroatoms. The van der Waals surface area contributed by atoms with Crippen LogP contribution in [0.1, 0.15) is 17.2 Å². The Bertz CT molecular complexity index is 342. The van der Waals surface area contributed by atoms with Gasteiger partial charge in [0, 0.05) is 17.7 Å². The summed E-state index contributed by atoms with van der Waals surface area (Å²) in [6.07, 6.45) is -0.691. The maximum absolute atomic E-state index is 13.2. The Kier molecular flexibility index (Phi) is 4.05. The number of hydrogen-bond acceptors (Lipinski definition) is 3. The van der Waals surface area contributed by atoms with Gasteiger partial charge in [-0.3, -0.25) is 0 Å². The van der Waals surface area contributed by atoms with Gasteiger partial charge in [0.05, 0.1) is 13.2 Å². The van der Waals surface area contributed by atoms with Crippen molar-refractivity contribution in [2.75, 3.05) is 20.7 Å². The van der Waals surface area contributed by atoms with Gasteiger partial charge >= 0.3 is 0 Å². The Labute approximate surface area is 88.9 Å². The van der Waals surface area contributed by atoms with E-state index >= 15 is 0 Å². The summed E-state index contributed by atoms with van der Waals surface area (Å²) >= 11 is 0. The number of halogens is 1. The Balaban J connectivity index is 3.12. The molecule has 15 heavy (non-hydrogen) atoms. The van der Waals surface area contributed by atoms with Crippen LogP contribution in [-0.4, -0.2) is 25.8 Å². The van der Waals surface area contributed by atoms with Crippen molar-refractivity contribution in [2.45, 2.75) is 13.0 Å². The molecule has 0 saturated heterocycles. The molecule has 1 aromatic carbocycles. The van der Waals surface area contributed by atoms with E-state index in [1.54, 1.807) is 20.0 Å². The molecule has 1 unspecified atom stereocenters. The monoisotopic (exact) mass is 213 g/mol. The number of aliphatic hydroxyl groups is 1. The van der Waals surface area contributed by atoms with Crippen LogP contribution >= 0.6 is 0 Å². The minimum Gasteiger partial charge on any atom is -0.496 e. The quantitative estimate of drug-likeness (QED) is 0.794. The summed E-state index contributed by atoms with van der Waals surface area (Å²) in [5.74, 6) is 0.0880. The Morgan fingerprint density at radius 2 is 2.20 bits per heavy atom. The van der Waals surface area contributed by atoms with Gasteiger partial charge in [-0.2, -0.15) is 0 Å². The van der Waals surface area contributed by atoms with Crippen molar-refractivity contribution in [3.63, 3.8) is 0 Å². The Morgan fingerprint density at radius 1 is 1.53 bits per heavy atom. The first-order valence-corrected chi connectivity index (χ1v) is 4.77. The van der Waals surface area contributed by atoms with Gasteiger partial charge in [-0.05, 0) is 26.1 Å². The maximum Gasteiger partial charge on any atom is 0.130 e. The summed E-state index contributed by atoms with van der Waals surface area (Å²) in [5, 5.41) is 12.6. The number of nitrogens with one attached hydrogen (secondary N) is 1.